The Balaban J connectivity index is 1.88. The Morgan fingerprint density at radius 1 is 1.42 bits per heavy atom. The summed E-state index contributed by atoms with van der Waals surface area (Å²) in [7, 11) is 0. The highest BCUT2D eigenvalue weighted by Gasteiger charge is 2.28. The Kier molecular flexibility index (Phi) is 3.52. The standard InChI is InChI=1S/C13H17N5S/c1-2-11(14)10-5-3-4-6-12(10)19-13-15-16-17-18(13)9-7-8-9/h3-6,9,11H,2,7-8,14H2,1H3. The fourth-order valence-corrected chi connectivity index (χ4v) is 3.04. The van der Waals surface area contributed by atoms with Gasteiger partial charge in [-0.15, -0.1) is 5.10 Å². The molecule has 0 amide bonds. The fourth-order valence-electron chi connectivity index (χ4n) is 2.00. The van der Waals surface area contributed by atoms with Crippen molar-refractivity contribution in [2.24, 2.45) is 5.73 Å². The van der Waals surface area contributed by atoms with Gasteiger partial charge in [0.25, 0.3) is 0 Å². The van der Waals surface area contributed by atoms with E-state index in [2.05, 4.69) is 34.6 Å². The highest BCUT2D eigenvalue weighted by Crippen LogP contribution is 2.39. The van der Waals surface area contributed by atoms with Gasteiger partial charge in [0.2, 0.25) is 5.16 Å². The summed E-state index contributed by atoms with van der Waals surface area (Å²) >= 11 is 1.61. The van der Waals surface area contributed by atoms with Crippen LogP contribution in [0.2, 0.25) is 0 Å². The van der Waals surface area contributed by atoms with E-state index in [1.54, 1.807) is 11.8 Å². The van der Waals surface area contributed by atoms with Gasteiger partial charge in [-0.05, 0) is 53.1 Å². The Hall–Kier alpha value is -1.40. The number of nitrogens with two attached hydrogens (primary N) is 1. The molecule has 1 aromatic heterocycles. The number of rotatable bonds is 5. The number of nitrogens with zero attached hydrogens (tertiary/aromatic N) is 4. The van der Waals surface area contributed by atoms with E-state index in [1.165, 1.54) is 18.4 Å². The third kappa shape index (κ3) is 2.64. The molecule has 0 radical (unpaired) electrons. The van der Waals surface area contributed by atoms with Gasteiger partial charge in [0.15, 0.2) is 0 Å². The molecule has 1 aliphatic carbocycles. The van der Waals surface area contributed by atoms with Crippen molar-refractivity contribution >= 4 is 11.8 Å². The molecule has 5 nitrogen and oxygen atoms in total. The molecule has 2 N–H and O–H groups in total. The lowest BCUT2D eigenvalue weighted by Gasteiger charge is -2.13. The molecule has 1 atom stereocenters. The number of hydrogen-bond acceptors (Lipinski definition) is 5. The lowest BCUT2D eigenvalue weighted by Crippen LogP contribution is -2.09. The quantitative estimate of drug-likeness (QED) is 0.908. The Bertz CT molecular complexity index is 564. The topological polar surface area (TPSA) is 69.6 Å². The van der Waals surface area contributed by atoms with Crippen LogP contribution in [0.15, 0.2) is 34.3 Å². The van der Waals surface area contributed by atoms with Crippen molar-refractivity contribution in [3.63, 3.8) is 0 Å². The first-order valence-corrected chi connectivity index (χ1v) is 7.41. The lowest BCUT2D eigenvalue weighted by molar-refractivity contribution is 0.565. The van der Waals surface area contributed by atoms with Gasteiger partial charge in [-0.1, -0.05) is 25.1 Å². The van der Waals surface area contributed by atoms with E-state index >= 15 is 0 Å². The molecule has 1 fully saturated rings. The maximum Gasteiger partial charge on any atom is 0.214 e. The van der Waals surface area contributed by atoms with Crippen LogP contribution in [0.1, 0.15) is 43.8 Å². The summed E-state index contributed by atoms with van der Waals surface area (Å²) in [5, 5.41) is 12.8. The minimum atomic E-state index is 0.0638. The molecule has 1 saturated carbocycles. The smallest absolute Gasteiger partial charge is 0.214 e. The van der Waals surface area contributed by atoms with Crippen LogP contribution < -0.4 is 5.73 Å². The van der Waals surface area contributed by atoms with E-state index in [0.29, 0.717) is 6.04 Å². The second-order valence-electron chi connectivity index (χ2n) is 4.79. The SMILES string of the molecule is CCC(N)c1ccccc1Sc1nnnn1C1CC1. The molecule has 0 spiro atoms. The van der Waals surface area contributed by atoms with Crippen molar-refractivity contribution < 1.29 is 0 Å². The Labute approximate surface area is 116 Å². The van der Waals surface area contributed by atoms with Crippen LogP contribution in [-0.2, 0) is 0 Å². The lowest BCUT2D eigenvalue weighted by atomic mass is 10.1. The first kappa shape index (κ1) is 12.6. The van der Waals surface area contributed by atoms with Gasteiger partial charge in [0.05, 0.1) is 6.04 Å². The molecule has 2 aromatic rings. The van der Waals surface area contributed by atoms with E-state index in [1.807, 2.05) is 16.8 Å². The first-order valence-electron chi connectivity index (χ1n) is 6.59. The molecule has 1 aromatic carbocycles. The van der Waals surface area contributed by atoms with Crippen LogP contribution in [0.4, 0.5) is 0 Å². The molecule has 1 aliphatic rings. The van der Waals surface area contributed by atoms with Crippen LogP contribution in [-0.4, -0.2) is 20.2 Å². The van der Waals surface area contributed by atoms with Crippen molar-refractivity contribution in [2.45, 2.75) is 48.3 Å². The van der Waals surface area contributed by atoms with Crippen LogP contribution in [0.25, 0.3) is 0 Å². The molecule has 100 valence electrons. The van der Waals surface area contributed by atoms with Crippen molar-refractivity contribution in [2.75, 3.05) is 0 Å². The maximum absolute atomic E-state index is 6.16. The monoisotopic (exact) mass is 275 g/mol. The van der Waals surface area contributed by atoms with Crippen molar-refractivity contribution in [3.05, 3.63) is 29.8 Å². The average molecular weight is 275 g/mol. The zero-order valence-electron chi connectivity index (χ0n) is 10.9. The zero-order valence-corrected chi connectivity index (χ0v) is 11.7. The van der Waals surface area contributed by atoms with Crippen LogP contribution >= 0.6 is 11.8 Å². The van der Waals surface area contributed by atoms with Crippen molar-refractivity contribution in [1.82, 2.24) is 20.2 Å². The molecular weight excluding hydrogens is 258 g/mol. The van der Waals surface area contributed by atoms with Gasteiger partial charge in [-0.3, -0.25) is 0 Å². The number of tetrazole rings is 1. The van der Waals surface area contributed by atoms with Gasteiger partial charge < -0.3 is 5.73 Å². The predicted molar refractivity (Wildman–Crippen MR) is 73.9 cm³/mol. The number of hydrogen-bond donors (Lipinski definition) is 1. The summed E-state index contributed by atoms with van der Waals surface area (Å²) in [5.74, 6) is 0. The molecule has 6 heteroatoms. The van der Waals surface area contributed by atoms with E-state index < -0.39 is 0 Å². The first-order chi connectivity index (χ1) is 9.29. The van der Waals surface area contributed by atoms with E-state index in [-0.39, 0.29) is 6.04 Å². The molecule has 3 rings (SSSR count). The van der Waals surface area contributed by atoms with Gasteiger partial charge in [0, 0.05) is 10.9 Å². The van der Waals surface area contributed by atoms with Crippen LogP contribution in [0.5, 0.6) is 0 Å². The molecule has 1 unspecified atom stereocenters. The summed E-state index contributed by atoms with van der Waals surface area (Å²) in [4.78, 5) is 1.15. The van der Waals surface area contributed by atoms with Crippen LogP contribution in [0.3, 0.4) is 0 Å². The summed E-state index contributed by atoms with van der Waals surface area (Å²) in [5.41, 5.74) is 7.33. The van der Waals surface area contributed by atoms with Crippen molar-refractivity contribution in [1.29, 1.82) is 0 Å². The van der Waals surface area contributed by atoms with Gasteiger partial charge in [-0.2, -0.15) is 0 Å². The van der Waals surface area contributed by atoms with E-state index in [4.69, 9.17) is 5.73 Å². The average Bonchev–Trinajstić information content (AvgIpc) is 3.19. The molecule has 0 bridgehead atoms. The summed E-state index contributed by atoms with van der Waals surface area (Å²) < 4.78 is 1.93. The normalized spacial score (nSPS) is 16.5. The summed E-state index contributed by atoms with van der Waals surface area (Å²) in [6.07, 6.45) is 3.27. The Morgan fingerprint density at radius 3 is 2.95 bits per heavy atom. The van der Waals surface area contributed by atoms with Crippen LogP contribution in [0, 0.1) is 0 Å². The molecule has 19 heavy (non-hydrogen) atoms. The zero-order chi connectivity index (χ0) is 13.2. The largest absolute Gasteiger partial charge is 0.324 e. The highest BCUT2D eigenvalue weighted by molar-refractivity contribution is 7.99. The molecular formula is C13H17N5S. The van der Waals surface area contributed by atoms with Gasteiger partial charge >= 0.3 is 0 Å². The van der Waals surface area contributed by atoms with Gasteiger partial charge in [-0.25, -0.2) is 4.68 Å². The maximum atomic E-state index is 6.16. The number of aromatic nitrogens is 4. The van der Waals surface area contributed by atoms with Gasteiger partial charge in [0.1, 0.15) is 0 Å². The minimum absolute atomic E-state index is 0.0638. The predicted octanol–water partition coefficient (Wildman–Crippen LogP) is 2.57. The summed E-state index contributed by atoms with van der Waals surface area (Å²) in [6, 6.07) is 8.78. The molecule has 0 saturated heterocycles. The van der Waals surface area contributed by atoms with E-state index in [9.17, 15) is 0 Å². The molecule has 0 aliphatic heterocycles. The second kappa shape index (κ2) is 5.30. The third-order valence-electron chi connectivity index (χ3n) is 3.31. The summed E-state index contributed by atoms with van der Waals surface area (Å²) in [6.45, 7) is 2.10. The van der Waals surface area contributed by atoms with E-state index in [0.717, 1.165) is 16.5 Å². The minimum Gasteiger partial charge on any atom is -0.324 e. The third-order valence-corrected chi connectivity index (χ3v) is 4.36. The highest BCUT2D eigenvalue weighted by atomic mass is 32.2. The van der Waals surface area contributed by atoms with Crippen molar-refractivity contribution in [3.8, 4) is 0 Å². The molecule has 1 heterocycles. The number of benzene rings is 1. The fraction of sp³-hybridized carbons (Fsp3) is 0.462. The Morgan fingerprint density at radius 2 is 2.21 bits per heavy atom. The second-order valence-corrected chi connectivity index (χ2v) is 5.80.